The fourth-order valence-electron chi connectivity index (χ4n) is 4.77. The summed E-state index contributed by atoms with van der Waals surface area (Å²) in [6.07, 6.45) is 5.76. The van der Waals surface area contributed by atoms with Crippen LogP contribution in [-0.4, -0.2) is 29.9 Å². The van der Waals surface area contributed by atoms with Crippen LogP contribution in [0.4, 0.5) is 5.69 Å². The highest BCUT2D eigenvalue weighted by atomic mass is 15.3. The Morgan fingerprint density at radius 1 is 0.970 bits per heavy atom. The average Bonchev–Trinajstić information content (AvgIpc) is 3.35. The van der Waals surface area contributed by atoms with Gasteiger partial charge >= 0.3 is 0 Å². The SMILES string of the molecule is Cc1nn(-c2ccc(C(C)(C)C)cc2)c(C)c1[C@H]1C=C[C@@H](NCc2ccc(N(C)C)cc2)C1. The standard InChI is InChI=1S/C29H38N4/c1-20-28(21(2)33(31-20)27-16-11-24(12-17-27)29(3,4)5)23-10-13-25(18-23)30-19-22-8-14-26(15-9-22)32(6)7/h8-17,23,25,30H,18-19H2,1-7H3/t23-,25+/m0/s1. The normalized spacial score (nSPS) is 18.2. The van der Waals surface area contributed by atoms with Crippen LogP contribution in [0.2, 0.25) is 0 Å². The molecule has 0 amide bonds. The molecule has 0 saturated carbocycles. The summed E-state index contributed by atoms with van der Waals surface area (Å²) in [6, 6.07) is 18.0. The highest BCUT2D eigenvalue weighted by Crippen LogP contribution is 2.34. The number of anilines is 1. The van der Waals surface area contributed by atoms with Crippen molar-refractivity contribution in [2.45, 2.75) is 65.0 Å². The summed E-state index contributed by atoms with van der Waals surface area (Å²) in [5, 5.41) is 8.63. The largest absolute Gasteiger partial charge is 0.378 e. The molecular weight excluding hydrogens is 404 g/mol. The van der Waals surface area contributed by atoms with Crippen molar-refractivity contribution in [3.8, 4) is 5.69 Å². The van der Waals surface area contributed by atoms with Crippen LogP contribution in [0.25, 0.3) is 5.69 Å². The maximum absolute atomic E-state index is 4.92. The molecule has 1 N–H and O–H groups in total. The van der Waals surface area contributed by atoms with Crippen LogP contribution in [-0.2, 0) is 12.0 Å². The first kappa shape index (κ1) is 23.3. The molecule has 1 aliphatic carbocycles. The molecule has 4 heteroatoms. The van der Waals surface area contributed by atoms with Gasteiger partial charge in [-0.25, -0.2) is 4.68 Å². The van der Waals surface area contributed by atoms with Crippen molar-refractivity contribution in [3.63, 3.8) is 0 Å². The van der Waals surface area contributed by atoms with Gasteiger partial charge in [0.05, 0.1) is 11.4 Å². The first-order valence-electron chi connectivity index (χ1n) is 12.0. The molecule has 0 unspecified atom stereocenters. The number of hydrogen-bond acceptors (Lipinski definition) is 3. The molecule has 174 valence electrons. The van der Waals surface area contributed by atoms with Crippen molar-refractivity contribution < 1.29 is 0 Å². The lowest BCUT2D eigenvalue weighted by molar-refractivity contribution is 0.559. The number of nitrogens with zero attached hydrogens (tertiary/aromatic N) is 3. The van der Waals surface area contributed by atoms with Crippen LogP contribution in [0, 0.1) is 13.8 Å². The summed E-state index contributed by atoms with van der Waals surface area (Å²) in [7, 11) is 4.15. The topological polar surface area (TPSA) is 33.1 Å². The molecule has 2 aromatic carbocycles. The van der Waals surface area contributed by atoms with Gasteiger partial charge in [0.2, 0.25) is 0 Å². The fraction of sp³-hybridized carbons (Fsp3) is 0.414. The van der Waals surface area contributed by atoms with Gasteiger partial charge in [-0.1, -0.05) is 57.2 Å². The lowest BCUT2D eigenvalue weighted by Crippen LogP contribution is -2.25. The average molecular weight is 443 g/mol. The first-order chi connectivity index (χ1) is 15.6. The van der Waals surface area contributed by atoms with E-state index in [1.165, 1.54) is 28.1 Å². The predicted octanol–water partition coefficient (Wildman–Crippen LogP) is 6.05. The third kappa shape index (κ3) is 5.06. The number of allylic oxidation sites excluding steroid dienone is 1. The van der Waals surface area contributed by atoms with Crippen molar-refractivity contribution in [3.05, 3.63) is 88.8 Å². The van der Waals surface area contributed by atoms with E-state index in [-0.39, 0.29) is 5.41 Å². The third-order valence-corrected chi connectivity index (χ3v) is 6.80. The van der Waals surface area contributed by atoms with Gasteiger partial charge in [0, 0.05) is 49.5 Å². The zero-order valence-electron chi connectivity index (χ0n) is 21.2. The van der Waals surface area contributed by atoms with E-state index < -0.39 is 0 Å². The Hall–Kier alpha value is -2.85. The van der Waals surface area contributed by atoms with Gasteiger partial charge in [-0.05, 0) is 61.1 Å². The molecule has 0 spiro atoms. The number of nitrogens with one attached hydrogen (secondary N) is 1. The molecule has 0 aliphatic heterocycles. The molecule has 4 rings (SSSR count). The highest BCUT2D eigenvalue weighted by molar-refractivity contribution is 5.46. The molecule has 0 fully saturated rings. The van der Waals surface area contributed by atoms with E-state index in [9.17, 15) is 0 Å². The van der Waals surface area contributed by atoms with Crippen LogP contribution >= 0.6 is 0 Å². The quantitative estimate of drug-likeness (QED) is 0.472. The monoisotopic (exact) mass is 442 g/mol. The lowest BCUT2D eigenvalue weighted by atomic mass is 9.87. The predicted molar refractivity (Wildman–Crippen MR) is 140 cm³/mol. The Morgan fingerprint density at radius 3 is 2.24 bits per heavy atom. The minimum absolute atomic E-state index is 0.157. The van der Waals surface area contributed by atoms with Crippen molar-refractivity contribution in [1.29, 1.82) is 0 Å². The molecule has 0 bridgehead atoms. The van der Waals surface area contributed by atoms with E-state index >= 15 is 0 Å². The molecule has 4 nitrogen and oxygen atoms in total. The second-order valence-corrected chi connectivity index (χ2v) is 10.6. The number of rotatable bonds is 6. The molecular formula is C29H38N4. The Balaban J connectivity index is 1.43. The van der Waals surface area contributed by atoms with E-state index in [1.807, 2.05) is 0 Å². The van der Waals surface area contributed by atoms with Gasteiger partial charge in [0.15, 0.2) is 0 Å². The summed E-state index contributed by atoms with van der Waals surface area (Å²) in [5.74, 6) is 0.404. The van der Waals surface area contributed by atoms with Gasteiger partial charge < -0.3 is 10.2 Å². The molecule has 1 aliphatic rings. The van der Waals surface area contributed by atoms with Gasteiger partial charge in [-0.2, -0.15) is 5.10 Å². The summed E-state index contributed by atoms with van der Waals surface area (Å²) in [6.45, 7) is 12.0. The van der Waals surface area contributed by atoms with Crippen LogP contribution in [0.5, 0.6) is 0 Å². The lowest BCUT2D eigenvalue weighted by Gasteiger charge is -2.19. The van der Waals surface area contributed by atoms with Crippen LogP contribution < -0.4 is 10.2 Å². The molecule has 3 aromatic rings. The third-order valence-electron chi connectivity index (χ3n) is 6.80. The molecule has 0 saturated heterocycles. The zero-order chi connectivity index (χ0) is 23.8. The molecule has 0 radical (unpaired) electrons. The van der Waals surface area contributed by atoms with Gasteiger partial charge in [0.1, 0.15) is 0 Å². The second-order valence-electron chi connectivity index (χ2n) is 10.6. The van der Waals surface area contributed by atoms with Crippen molar-refractivity contribution in [1.82, 2.24) is 15.1 Å². The van der Waals surface area contributed by atoms with Crippen LogP contribution in [0.15, 0.2) is 60.7 Å². The summed E-state index contributed by atoms with van der Waals surface area (Å²) in [5.41, 5.74) is 8.92. The van der Waals surface area contributed by atoms with E-state index in [0.29, 0.717) is 12.0 Å². The number of benzene rings is 2. The molecule has 1 aromatic heterocycles. The van der Waals surface area contributed by atoms with Gasteiger partial charge in [-0.3, -0.25) is 0 Å². The summed E-state index contributed by atoms with van der Waals surface area (Å²) >= 11 is 0. The second kappa shape index (κ2) is 9.18. The van der Waals surface area contributed by atoms with E-state index in [0.717, 1.165) is 24.3 Å². The minimum atomic E-state index is 0.157. The zero-order valence-corrected chi connectivity index (χ0v) is 21.2. The van der Waals surface area contributed by atoms with E-state index in [1.54, 1.807) is 0 Å². The Morgan fingerprint density at radius 2 is 1.64 bits per heavy atom. The summed E-state index contributed by atoms with van der Waals surface area (Å²) in [4.78, 5) is 2.13. The minimum Gasteiger partial charge on any atom is -0.378 e. The van der Waals surface area contributed by atoms with Gasteiger partial charge in [-0.15, -0.1) is 0 Å². The molecule has 33 heavy (non-hydrogen) atoms. The maximum atomic E-state index is 4.92. The Labute approximate surface area is 199 Å². The van der Waals surface area contributed by atoms with Crippen molar-refractivity contribution in [2.75, 3.05) is 19.0 Å². The Bertz CT molecular complexity index is 1110. The van der Waals surface area contributed by atoms with Crippen molar-refractivity contribution >= 4 is 5.69 Å². The van der Waals surface area contributed by atoms with Crippen LogP contribution in [0.1, 0.15) is 61.2 Å². The van der Waals surface area contributed by atoms with E-state index in [2.05, 4.69) is 124 Å². The molecule has 1 heterocycles. The first-order valence-corrected chi connectivity index (χ1v) is 12.0. The maximum Gasteiger partial charge on any atom is 0.0649 e. The smallest absolute Gasteiger partial charge is 0.0649 e. The van der Waals surface area contributed by atoms with Gasteiger partial charge in [0.25, 0.3) is 0 Å². The number of aromatic nitrogens is 2. The number of aryl methyl sites for hydroxylation is 1. The molecule has 2 atom stereocenters. The number of hydrogen-bond donors (Lipinski definition) is 1. The Kier molecular flexibility index (Phi) is 6.49. The van der Waals surface area contributed by atoms with Crippen LogP contribution in [0.3, 0.4) is 0 Å². The summed E-state index contributed by atoms with van der Waals surface area (Å²) < 4.78 is 2.11. The highest BCUT2D eigenvalue weighted by Gasteiger charge is 2.26. The van der Waals surface area contributed by atoms with E-state index in [4.69, 9.17) is 5.10 Å². The fourth-order valence-corrected chi connectivity index (χ4v) is 4.77. The van der Waals surface area contributed by atoms with Crippen molar-refractivity contribution in [2.24, 2.45) is 0 Å².